The molecule has 0 N–H and O–H groups in total. The summed E-state index contributed by atoms with van der Waals surface area (Å²) in [6, 6.07) is 10.3. The van der Waals surface area contributed by atoms with E-state index in [-0.39, 0.29) is 0 Å². The number of allylic oxidation sites excluding steroid dienone is 4. The molecule has 0 saturated heterocycles. The molecule has 1 saturated carbocycles. The molecule has 3 rings (SSSR count). The summed E-state index contributed by atoms with van der Waals surface area (Å²) in [5, 5.41) is 0. The predicted molar refractivity (Wildman–Crippen MR) is 115 cm³/mol. The number of nitrogens with zero attached hydrogens (tertiary/aromatic N) is 1. The minimum absolute atomic E-state index is 0.918. The van der Waals surface area contributed by atoms with Gasteiger partial charge in [0.2, 0.25) is 0 Å². The third kappa shape index (κ3) is 6.34. The van der Waals surface area contributed by atoms with Crippen LogP contribution >= 0.6 is 0 Å². The Hall–Kier alpha value is -1.50. The smallest absolute Gasteiger partial charge is 0.0177 e. The molecule has 1 heterocycles. The van der Waals surface area contributed by atoms with Crippen molar-refractivity contribution in [3.8, 4) is 0 Å². The number of aryl methyl sites for hydroxylation is 1. The van der Waals surface area contributed by atoms with Crippen molar-refractivity contribution in [2.75, 3.05) is 13.1 Å². The van der Waals surface area contributed by atoms with E-state index in [1.54, 1.807) is 16.8 Å². The van der Waals surface area contributed by atoms with Crippen molar-refractivity contribution < 1.29 is 0 Å². The third-order valence-corrected chi connectivity index (χ3v) is 6.10. The molecule has 0 radical (unpaired) electrons. The average molecular weight is 354 g/mol. The Balaban J connectivity index is 0.000000290. The van der Waals surface area contributed by atoms with Crippen LogP contribution < -0.4 is 0 Å². The summed E-state index contributed by atoms with van der Waals surface area (Å²) in [7, 11) is 0. The Labute approximate surface area is 162 Å². The summed E-state index contributed by atoms with van der Waals surface area (Å²) in [6.45, 7) is 11.7. The maximum Gasteiger partial charge on any atom is 0.0177 e. The van der Waals surface area contributed by atoms with E-state index in [1.165, 1.54) is 70.0 Å². The lowest BCUT2D eigenvalue weighted by atomic mass is 9.98. The molecule has 1 aromatic carbocycles. The molecule has 0 atom stereocenters. The summed E-state index contributed by atoms with van der Waals surface area (Å²) in [6.07, 6.45) is 13.2. The second-order valence-electron chi connectivity index (χ2n) is 7.90. The lowest BCUT2D eigenvalue weighted by Gasteiger charge is -2.30. The Morgan fingerprint density at radius 2 is 1.69 bits per heavy atom. The molecular weight excluding hydrogens is 314 g/mol. The molecule has 2 aliphatic rings. The van der Waals surface area contributed by atoms with Gasteiger partial charge in [0.1, 0.15) is 0 Å². The van der Waals surface area contributed by atoms with Gasteiger partial charge in [-0.3, -0.25) is 0 Å². The second kappa shape index (κ2) is 11.3. The van der Waals surface area contributed by atoms with Crippen molar-refractivity contribution in [1.82, 2.24) is 4.90 Å². The molecule has 0 spiro atoms. The van der Waals surface area contributed by atoms with Gasteiger partial charge in [0.15, 0.2) is 0 Å². The maximum absolute atomic E-state index is 2.69. The first-order valence-electron chi connectivity index (χ1n) is 10.8. The standard InChI is InChI=1S/C18H31N.C7H8/c1-4-16(5-2)12-14-19-13-7-6-9-17-10-8-11-18(17)15(19)3;1-7-5-3-2-4-6-7/h9,16H,4-8,10-14H2,1-3H3;2-6H,1H3/b17-9-,18-15-;. The fourth-order valence-electron chi connectivity index (χ4n) is 4.17. The molecule has 144 valence electrons. The number of rotatable bonds is 5. The van der Waals surface area contributed by atoms with E-state index in [1.807, 2.05) is 18.2 Å². The molecule has 0 amide bonds. The van der Waals surface area contributed by atoms with E-state index in [0.29, 0.717) is 0 Å². The monoisotopic (exact) mass is 353 g/mol. The fraction of sp³-hybridized carbons (Fsp3) is 0.600. The summed E-state index contributed by atoms with van der Waals surface area (Å²) in [5.41, 5.74) is 6.27. The zero-order chi connectivity index (χ0) is 18.8. The van der Waals surface area contributed by atoms with Gasteiger partial charge in [-0.25, -0.2) is 0 Å². The topological polar surface area (TPSA) is 3.24 Å². The van der Waals surface area contributed by atoms with E-state index < -0.39 is 0 Å². The highest BCUT2D eigenvalue weighted by Crippen LogP contribution is 2.35. The Morgan fingerprint density at radius 1 is 0.962 bits per heavy atom. The fourth-order valence-corrected chi connectivity index (χ4v) is 4.17. The van der Waals surface area contributed by atoms with Gasteiger partial charge in [-0.1, -0.05) is 68.7 Å². The van der Waals surface area contributed by atoms with Crippen LogP contribution in [0.3, 0.4) is 0 Å². The molecule has 0 unspecified atom stereocenters. The minimum Gasteiger partial charge on any atom is -0.375 e. The van der Waals surface area contributed by atoms with Crippen LogP contribution in [0.15, 0.2) is 53.3 Å². The van der Waals surface area contributed by atoms with Gasteiger partial charge in [-0.2, -0.15) is 0 Å². The van der Waals surface area contributed by atoms with Gasteiger partial charge >= 0.3 is 0 Å². The van der Waals surface area contributed by atoms with Crippen LogP contribution in [0, 0.1) is 12.8 Å². The maximum atomic E-state index is 2.69. The molecule has 0 aromatic heterocycles. The molecule has 1 aliphatic carbocycles. The zero-order valence-electron chi connectivity index (χ0n) is 17.6. The van der Waals surface area contributed by atoms with Gasteiger partial charge in [-0.05, 0) is 69.4 Å². The van der Waals surface area contributed by atoms with Crippen LogP contribution in [0.2, 0.25) is 0 Å². The first-order chi connectivity index (χ1) is 12.7. The second-order valence-corrected chi connectivity index (χ2v) is 7.90. The largest absolute Gasteiger partial charge is 0.375 e. The highest BCUT2D eigenvalue weighted by molar-refractivity contribution is 5.38. The first-order valence-corrected chi connectivity index (χ1v) is 10.8. The van der Waals surface area contributed by atoms with E-state index >= 15 is 0 Å². The highest BCUT2D eigenvalue weighted by Gasteiger charge is 2.20. The van der Waals surface area contributed by atoms with Crippen LogP contribution in [0.4, 0.5) is 0 Å². The minimum atomic E-state index is 0.918. The van der Waals surface area contributed by atoms with Crippen LogP contribution in [0.1, 0.15) is 77.7 Å². The van der Waals surface area contributed by atoms with Gasteiger partial charge < -0.3 is 4.90 Å². The van der Waals surface area contributed by atoms with Crippen molar-refractivity contribution >= 4 is 0 Å². The number of benzene rings is 1. The molecule has 1 aromatic rings. The van der Waals surface area contributed by atoms with Crippen LogP contribution in [0.5, 0.6) is 0 Å². The highest BCUT2D eigenvalue weighted by atomic mass is 15.1. The predicted octanol–water partition coefficient (Wildman–Crippen LogP) is 7.29. The quantitative estimate of drug-likeness (QED) is 0.537. The summed E-state index contributed by atoms with van der Waals surface area (Å²) in [4.78, 5) is 2.69. The van der Waals surface area contributed by atoms with Gasteiger partial charge in [-0.15, -0.1) is 0 Å². The number of hydrogen-bond donors (Lipinski definition) is 0. The summed E-state index contributed by atoms with van der Waals surface area (Å²) in [5.74, 6) is 0.918. The van der Waals surface area contributed by atoms with Gasteiger partial charge in [0, 0.05) is 18.8 Å². The van der Waals surface area contributed by atoms with Gasteiger partial charge in [0.05, 0.1) is 0 Å². The van der Waals surface area contributed by atoms with E-state index in [4.69, 9.17) is 0 Å². The molecule has 1 nitrogen and oxygen atoms in total. The van der Waals surface area contributed by atoms with Crippen molar-refractivity contribution in [1.29, 1.82) is 0 Å². The van der Waals surface area contributed by atoms with Crippen molar-refractivity contribution in [3.05, 3.63) is 58.8 Å². The lowest BCUT2D eigenvalue weighted by molar-refractivity contribution is 0.295. The van der Waals surface area contributed by atoms with Crippen molar-refractivity contribution in [2.24, 2.45) is 5.92 Å². The summed E-state index contributed by atoms with van der Waals surface area (Å²) < 4.78 is 0. The molecule has 0 bridgehead atoms. The molecular formula is C25H39N. The first kappa shape index (κ1) is 20.8. The van der Waals surface area contributed by atoms with E-state index in [2.05, 4.69) is 50.8 Å². The molecule has 1 heteroatoms. The van der Waals surface area contributed by atoms with Crippen molar-refractivity contribution in [3.63, 3.8) is 0 Å². The van der Waals surface area contributed by atoms with Crippen LogP contribution in [-0.2, 0) is 0 Å². The Bertz CT molecular complexity index is 577. The lowest BCUT2D eigenvalue weighted by Crippen LogP contribution is -2.27. The number of hydrogen-bond acceptors (Lipinski definition) is 1. The van der Waals surface area contributed by atoms with Crippen LogP contribution in [-0.4, -0.2) is 18.0 Å². The van der Waals surface area contributed by atoms with Gasteiger partial charge in [0.25, 0.3) is 0 Å². The van der Waals surface area contributed by atoms with Crippen molar-refractivity contribution in [2.45, 2.75) is 79.1 Å². The van der Waals surface area contributed by atoms with E-state index in [9.17, 15) is 0 Å². The average Bonchev–Trinajstić information content (AvgIpc) is 3.11. The zero-order valence-corrected chi connectivity index (χ0v) is 17.6. The molecule has 26 heavy (non-hydrogen) atoms. The molecule has 1 aliphatic heterocycles. The third-order valence-electron chi connectivity index (χ3n) is 6.10. The number of fused-ring (bicyclic) bond motifs is 1. The van der Waals surface area contributed by atoms with E-state index in [0.717, 1.165) is 5.92 Å². The SMILES string of the molecule is CCC(CC)CCN1CCC/C=C2/CCC/C2=C/1C.Cc1ccccc1. The Morgan fingerprint density at radius 3 is 2.31 bits per heavy atom. The summed E-state index contributed by atoms with van der Waals surface area (Å²) >= 11 is 0. The van der Waals surface area contributed by atoms with Crippen LogP contribution in [0.25, 0.3) is 0 Å². The molecule has 1 fully saturated rings. The Kier molecular flexibility index (Phi) is 9.01. The normalized spacial score (nSPS) is 22.0.